The van der Waals surface area contributed by atoms with Crippen LogP contribution in [-0.4, -0.2) is 25.7 Å². The van der Waals surface area contributed by atoms with E-state index < -0.39 is 5.91 Å². The van der Waals surface area contributed by atoms with Crippen LogP contribution in [0.4, 0.5) is 5.82 Å². The minimum atomic E-state index is -0.530. The minimum absolute atomic E-state index is 0.398. The summed E-state index contributed by atoms with van der Waals surface area (Å²) < 4.78 is 1.82. The van der Waals surface area contributed by atoms with Crippen molar-refractivity contribution < 1.29 is 10.0 Å². The molecule has 0 aliphatic heterocycles. The molecule has 1 amide bonds. The molecule has 0 saturated carbocycles. The highest BCUT2D eigenvalue weighted by atomic mass is 32.1. The molecular weight excluding hydrogens is 350 g/mol. The summed E-state index contributed by atoms with van der Waals surface area (Å²) in [5.74, 6) is 0.219. The van der Waals surface area contributed by atoms with Gasteiger partial charge in [-0.2, -0.15) is 5.10 Å². The fourth-order valence-corrected chi connectivity index (χ4v) is 3.36. The Hall–Kier alpha value is -3.23. The van der Waals surface area contributed by atoms with E-state index in [1.807, 2.05) is 40.2 Å². The van der Waals surface area contributed by atoms with Gasteiger partial charge in [0.1, 0.15) is 5.82 Å². The maximum absolute atomic E-state index is 11.4. The number of benzene rings is 1. The first kappa shape index (κ1) is 16.2. The van der Waals surface area contributed by atoms with E-state index in [9.17, 15) is 4.79 Å². The summed E-state index contributed by atoms with van der Waals surface area (Å²) in [6.07, 6.45) is 1.73. The maximum Gasteiger partial charge on any atom is 0.274 e. The molecule has 0 aliphatic carbocycles. The van der Waals surface area contributed by atoms with E-state index in [0.717, 1.165) is 27.6 Å². The molecule has 0 radical (unpaired) electrons. The Bertz CT molecular complexity index is 1040. The third kappa shape index (κ3) is 3.15. The molecule has 3 aromatic heterocycles. The molecule has 0 atom stereocenters. The van der Waals surface area contributed by atoms with Crippen molar-refractivity contribution in [2.45, 2.75) is 6.54 Å². The van der Waals surface area contributed by atoms with Crippen molar-refractivity contribution in [1.29, 1.82) is 0 Å². The molecule has 0 bridgehead atoms. The minimum Gasteiger partial charge on any atom is -0.366 e. The van der Waals surface area contributed by atoms with Crippen molar-refractivity contribution in [2.75, 3.05) is 5.32 Å². The highest BCUT2D eigenvalue weighted by Crippen LogP contribution is 2.27. The van der Waals surface area contributed by atoms with E-state index in [4.69, 9.17) is 5.21 Å². The molecule has 1 aromatic carbocycles. The number of nitrogens with one attached hydrogen (secondary N) is 2. The standard InChI is InChI=1S/C18H15N5O2S/c24-18(22-25)13-5-3-12(4-6-13)11-19-16-10-14(15-2-1-9-26-15)23-17(21-16)7-8-20-23/h1-10,25H,11H2,(H,19,21)(H,22,24). The number of carbonyl (C=O) groups is 1. The predicted molar refractivity (Wildman–Crippen MR) is 99.3 cm³/mol. The summed E-state index contributed by atoms with van der Waals surface area (Å²) in [6, 6.07) is 14.9. The van der Waals surface area contributed by atoms with Gasteiger partial charge in [0.25, 0.3) is 5.91 Å². The molecule has 26 heavy (non-hydrogen) atoms. The lowest BCUT2D eigenvalue weighted by atomic mass is 10.1. The maximum atomic E-state index is 11.4. The number of hydrogen-bond acceptors (Lipinski definition) is 6. The van der Waals surface area contributed by atoms with Crippen LogP contribution < -0.4 is 10.8 Å². The molecule has 0 saturated heterocycles. The lowest BCUT2D eigenvalue weighted by molar-refractivity contribution is 0.0706. The number of amides is 1. The van der Waals surface area contributed by atoms with Crippen molar-refractivity contribution in [3.63, 3.8) is 0 Å². The molecule has 7 nitrogen and oxygen atoms in total. The SMILES string of the molecule is O=C(NO)c1ccc(CNc2cc(-c3cccs3)n3nccc3n2)cc1. The lowest BCUT2D eigenvalue weighted by Gasteiger charge is -2.09. The highest BCUT2D eigenvalue weighted by molar-refractivity contribution is 7.13. The molecule has 0 unspecified atom stereocenters. The van der Waals surface area contributed by atoms with Crippen LogP contribution in [0.15, 0.2) is 60.1 Å². The van der Waals surface area contributed by atoms with Gasteiger partial charge in [-0.15, -0.1) is 11.3 Å². The zero-order valence-corrected chi connectivity index (χ0v) is 14.4. The van der Waals surface area contributed by atoms with Crippen molar-refractivity contribution in [3.05, 3.63) is 71.2 Å². The molecule has 0 fully saturated rings. The fourth-order valence-electron chi connectivity index (χ4n) is 2.63. The van der Waals surface area contributed by atoms with E-state index in [0.29, 0.717) is 12.1 Å². The number of rotatable bonds is 5. The van der Waals surface area contributed by atoms with E-state index in [-0.39, 0.29) is 0 Å². The van der Waals surface area contributed by atoms with Gasteiger partial charge < -0.3 is 5.32 Å². The first-order chi connectivity index (χ1) is 12.7. The van der Waals surface area contributed by atoms with Crippen LogP contribution >= 0.6 is 11.3 Å². The third-order valence-electron chi connectivity index (χ3n) is 3.92. The first-order valence-corrected chi connectivity index (χ1v) is 8.78. The molecule has 0 aliphatic rings. The van der Waals surface area contributed by atoms with Crippen LogP contribution in [0, 0.1) is 0 Å². The molecule has 3 N–H and O–H groups in total. The van der Waals surface area contributed by atoms with E-state index in [1.54, 1.807) is 35.1 Å². The molecule has 3 heterocycles. The van der Waals surface area contributed by atoms with Crippen LogP contribution in [-0.2, 0) is 6.54 Å². The summed E-state index contributed by atoms with van der Waals surface area (Å²) in [6.45, 7) is 0.558. The Morgan fingerprint density at radius 1 is 1.19 bits per heavy atom. The Labute approximate surface area is 152 Å². The Kier molecular flexibility index (Phi) is 4.34. The monoisotopic (exact) mass is 365 g/mol. The van der Waals surface area contributed by atoms with Crippen LogP contribution in [0.5, 0.6) is 0 Å². The van der Waals surface area contributed by atoms with E-state index in [1.165, 1.54) is 0 Å². The fraction of sp³-hybridized carbons (Fsp3) is 0.0556. The number of carbonyl (C=O) groups excluding carboxylic acids is 1. The Morgan fingerprint density at radius 2 is 2.04 bits per heavy atom. The van der Waals surface area contributed by atoms with E-state index >= 15 is 0 Å². The topological polar surface area (TPSA) is 91.5 Å². The number of thiophene rings is 1. The summed E-state index contributed by atoms with van der Waals surface area (Å²) in [5, 5.41) is 18.3. The highest BCUT2D eigenvalue weighted by Gasteiger charge is 2.10. The van der Waals surface area contributed by atoms with Crippen LogP contribution in [0.25, 0.3) is 16.2 Å². The summed E-state index contributed by atoms with van der Waals surface area (Å²) >= 11 is 1.65. The van der Waals surface area contributed by atoms with Crippen molar-refractivity contribution in [2.24, 2.45) is 0 Å². The predicted octanol–water partition coefficient (Wildman–Crippen LogP) is 3.19. The van der Waals surface area contributed by atoms with Gasteiger partial charge in [0.15, 0.2) is 5.65 Å². The molecule has 130 valence electrons. The largest absolute Gasteiger partial charge is 0.366 e. The Morgan fingerprint density at radius 3 is 2.77 bits per heavy atom. The summed E-state index contributed by atoms with van der Waals surface area (Å²) in [4.78, 5) is 17.1. The van der Waals surface area contributed by atoms with Gasteiger partial charge in [0, 0.05) is 24.2 Å². The zero-order valence-electron chi connectivity index (χ0n) is 13.6. The number of hydrogen-bond donors (Lipinski definition) is 3. The number of hydroxylamine groups is 1. The van der Waals surface area contributed by atoms with Gasteiger partial charge in [-0.25, -0.2) is 15.0 Å². The van der Waals surface area contributed by atoms with Gasteiger partial charge >= 0.3 is 0 Å². The van der Waals surface area contributed by atoms with Crippen molar-refractivity contribution >= 4 is 28.7 Å². The second-order valence-electron chi connectivity index (χ2n) is 5.60. The molecule has 0 spiro atoms. The molecular formula is C18H15N5O2S. The first-order valence-electron chi connectivity index (χ1n) is 7.90. The second kappa shape index (κ2) is 6.95. The number of anilines is 1. The number of nitrogens with zero attached hydrogens (tertiary/aromatic N) is 3. The van der Waals surface area contributed by atoms with E-state index in [2.05, 4.69) is 21.5 Å². The molecule has 4 aromatic rings. The van der Waals surface area contributed by atoms with Crippen molar-refractivity contribution in [3.8, 4) is 10.6 Å². The van der Waals surface area contributed by atoms with Gasteiger partial charge in [-0.05, 0) is 29.1 Å². The Balaban J connectivity index is 1.57. The summed E-state index contributed by atoms with van der Waals surface area (Å²) in [7, 11) is 0. The molecule has 8 heteroatoms. The van der Waals surface area contributed by atoms with Crippen LogP contribution in [0.3, 0.4) is 0 Å². The number of fused-ring (bicyclic) bond motifs is 1. The van der Waals surface area contributed by atoms with Gasteiger partial charge in [0.05, 0.1) is 16.8 Å². The third-order valence-corrected chi connectivity index (χ3v) is 4.82. The van der Waals surface area contributed by atoms with Gasteiger partial charge in [-0.1, -0.05) is 18.2 Å². The van der Waals surface area contributed by atoms with Crippen LogP contribution in [0.2, 0.25) is 0 Å². The summed E-state index contributed by atoms with van der Waals surface area (Å²) in [5.41, 5.74) is 4.76. The van der Waals surface area contributed by atoms with Gasteiger partial charge in [0.2, 0.25) is 0 Å². The quantitative estimate of drug-likeness (QED) is 0.373. The average molecular weight is 365 g/mol. The lowest BCUT2D eigenvalue weighted by Crippen LogP contribution is -2.18. The van der Waals surface area contributed by atoms with Gasteiger partial charge in [-0.3, -0.25) is 10.0 Å². The van der Waals surface area contributed by atoms with Crippen molar-refractivity contribution in [1.82, 2.24) is 20.1 Å². The zero-order chi connectivity index (χ0) is 17.9. The second-order valence-corrected chi connectivity index (χ2v) is 6.54. The average Bonchev–Trinajstić information content (AvgIpc) is 3.37. The number of aromatic nitrogens is 3. The smallest absolute Gasteiger partial charge is 0.274 e. The van der Waals surface area contributed by atoms with Crippen LogP contribution in [0.1, 0.15) is 15.9 Å². The molecule has 4 rings (SSSR count). The normalized spacial score (nSPS) is 10.8.